The van der Waals surface area contributed by atoms with Crippen molar-refractivity contribution in [2.24, 2.45) is 0 Å². The van der Waals surface area contributed by atoms with Gasteiger partial charge in [0.15, 0.2) is 0 Å². The molecule has 0 aliphatic carbocycles. The minimum atomic E-state index is -1.02. The van der Waals surface area contributed by atoms with Crippen molar-refractivity contribution >= 4 is 46.5 Å². The molecule has 10 nitrogen and oxygen atoms in total. The standard InChI is InChI=1S/C48H42N4O6/c1-29-27-33(19-25-41(29)51-43(53)37-11-7-9-13-39(37)47(55)57-45(51)31-15-21-35(22-16-31)49(3)4)34-20-26-42(30(2)28-34)52-44(54)38-12-8-10-14-40(38)48(56)58-46(52)32-17-23-36(24-18-32)50(5)6/h7-28,45-46H,1-6H3. The van der Waals surface area contributed by atoms with Crippen LogP contribution in [0.15, 0.2) is 133 Å². The third kappa shape index (κ3) is 6.72. The lowest BCUT2D eigenvalue weighted by molar-refractivity contribution is 0.0292. The van der Waals surface area contributed by atoms with E-state index in [1.165, 1.54) is 0 Å². The van der Waals surface area contributed by atoms with Crippen molar-refractivity contribution in [3.63, 3.8) is 0 Å². The SMILES string of the molecule is Cc1cc(-c2ccc(N3C(=O)c4ccccc4C(=O)OC3c3ccc(N(C)C)cc3)c(C)c2)ccc1N1C(=O)c2ccccc2C(=O)OC1c1ccc(N(C)C)cc1. The molecule has 0 aromatic heterocycles. The van der Waals surface area contributed by atoms with Gasteiger partial charge in [-0.3, -0.25) is 19.4 Å². The zero-order valence-electron chi connectivity index (χ0n) is 33.1. The molecule has 290 valence electrons. The van der Waals surface area contributed by atoms with Gasteiger partial charge < -0.3 is 19.3 Å². The first-order chi connectivity index (χ1) is 27.9. The van der Waals surface area contributed by atoms with Crippen molar-refractivity contribution in [1.82, 2.24) is 0 Å². The van der Waals surface area contributed by atoms with Gasteiger partial charge in [0.2, 0.25) is 12.5 Å². The fourth-order valence-electron chi connectivity index (χ4n) is 7.59. The van der Waals surface area contributed by atoms with Gasteiger partial charge in [-0.25, -0.2) is 9.59 Å². The number of ether oxygens (including phenoxy) is 2. The number of carbonyl (C=O) groups excluding carboxylic acids is 4. The van der Waals surface area contributed by atoms with Gasteiger partial charge in [-0.05, 0) is 109 Å². The Balaban J connectivity index is 1.17. The summed E-state index contributed by atoms with van der Waals surface area (Å²) in [7, 11) is 7.78. The van der Waals surface area contributed by atoms with E-state index in [9.17, 15) is 19.2 Å². The number of esters is 2. The van der Waals surface area contributed by atoms with Crippen LogP contribution in [0.5, 0.6) is 0 Å². The van der Waals surface area contributed by atoms with Gasteiger partial charge in [-0.15, -0.1) is 0 Å². The highest BCUT2D eigenvalue weighted by atomic mass is 16.6. The lowest BCUT2D eigenvalue weighted by atomic mass is 9.98. The first-order valence-corrected chi connectivity index (χ1v) is 18.9. The molecule has 6 aromatic carbocycles. The molecule has 2 heterocycles. The van der Waals surface area contributed by atoms with Crippen molar-refractivity contribution in [3.05, 3.63) is 178 Å². The van der Waals surface area contributed by atoms with E-state index < -0.39 is 24.4 Å². The predicted octanol–water partition coefficient (Wildman–Crippen LogP) is 9.13. The summed E-state index contributed by atoms with van der Waals surface area (Å²) >= 11 is 0. The zero-order chi connectivity index (χ0) is 40.8. The van der Waals surface area contributed by atoms with Gasteiger partial charge in [-0.2, -0.15) is 0 Å². The van der Waals surface area contributed by atoms with Gasteiger partial charge in [0.1, 0.15) is 0 Å². The van der Waals surface area contributed by atoms with Gasteiger partial charge in [0, 0.05) is 50.7 Å². The number of cyclic esters (lactones) is 2. The smallest absolute Gasteiger partial charge is 0.341 e. The lowest BCUT2D eigenvalue weighted by Crippen LogP contribution is -2.35. The van der Waals surface area contributed by atoms with Crippen LogP contribution < -0.4 is 19.6 Å². The predicted molar refractivity (Wildman–Crippen MR) is 226 cm³/mol. The molecule has 6 aromatic rings. The second-order valence-electron chi connectivity index (χ2n) is 14.9. The average molecular weight is 771 g/mol. The molecular weight excluding hydrogens is 729 g/mol. The summed E-state index contributed by atoms with van der Waals surface area (Å²) in [6.45, 7) is 3.85. The van der Waals surface area contributed by atoms with Gasteiger partial charge in [0.25, 0.3) is 11.8 Å². The van der Waals surface area contributed by atoms with E-state index >= 15 is 0 Å². The number of fused-ring (bicyclic) bond motifs is 2. The molecule has 2 aliphatic rings. The average Bonchev–Trinajstić information content (AvgIpc) is 3.41. The van der Waals surface area contributed by atoms with E-state index in [1.54, 1.807) is 58.3 Å². The molecule has 0 fully saturated rings. The molecule has 0 saturated carbocycles. The highest BCUT2D eigenvalue weighted by molar-refractivity contribution is 6.15. The minimum Gasteiger partial charge on any atom is -0.433 e. The summed E-state index contributed by atoms with van der Waals surface area (Å²) in [6.07, 6.45) is -2.04. The van der Waals surface area contributed by atoms with Crippen LogP contribution >= 0.6 is 0 Å². The highest BCUT2D eigenvalue weighted by Gasteiger charge is 2.39. The highest BCUT2D eigenvalue weighted by Crippen LogP contribution is 2.41. The normalized spacial score (nSPS) is 16.4. The van der Waals surface area contributed by atoms with E-state index in [2.05, 4.69) is 0 Å². The van der Waals surface area contributed by atoms with Crippen LogP contribution in [0.4, 0.5) is 22.7 Å². The number of anilines is 4. The number of hydrogen-bond acceptors (Lipinski definition) is 8. The topological polar surface area (TPSA) is 99.7 Å². The van der Waals surface area contributed by atoms with Crippen LogP contribution in [0.3, 0.4) is 0 Å². The Morgan fingerprint density at radius 1 is 0.448 bits per heavy atom. The molecular formula is C48H42N4O6. The molecule has 0 spiro atoms. The quantitative estimate of drug-likeness (QED) is 0.148. The lowest BCUT2D eigenvalue weighted by Gasteiger charge is -2.31. The van der Waals surface area contributed by atoms with Crippen molar-refractivity contribution in [2.75, 3.05) is 47.8 Å². The Hall–Kier alpha value is -7.20. The van der Waals surface area contributed by atoms with Crippen LogP contribution in [0.2, 0.25) is 0 Å². The Morgan fingerprint density at radius 3 is 1.12 bits per heavy atom. The van der Waals surface area contributed by atoms with Crippen LogP contribution in [-0.2, 0) is 9.47 Å². The molecule has 58 heavy (non-hydrogen) atoms. The number of nitrogens with zero attached hydrogens (tertiary/aromatic N) is 4. The number of rotatable bonds is 7. The number of benzene rings is 6. The summed E-state index contributed by atoms with van der Waals surface area (Å²) in [5.41, 5.74) is 8.67. The molecule has 0 N–H and O–H groups in total. The first kappa shape index (κ1) is 37.7. The third-order valence-electron chi connectivity index (χ3n) is 10.7. The summed E-state index contributed by atoms with van der Waals surface area (Å²) in [5.74, 6) is -1.86. The number of carbonyl (C=O) groups is 4. The number of hydrogen-bond donors (Lipinski definition) is 0. The van der Waals surface area contributed by atoms with Gasteiger partial charge >= 0.3 is 11.9 Å². The zero-order valence-corrected chi connectivity index (χ0v) is 33.1. The maximum atomic E-state index is 14.4. The molecule has 2 unspecified atom stereocenters. The number of aryl methyl sites for hydroxylation is 2. The number of amides is 2. The monoisotopic (exact) mass is 770 g/mol. The van der Waals surface area contributed by atoms with E-state index in [1.807, 2.05) is 137 Å². The minimum absolute atomic E-state index is 0.212. The molecule has 8 rings (SSSR count). The van der Waals surface area contributed by atoms with E-state index in [4.69, 9.17) is 9.47 Å². The van der Waals surface area contributed by atoms with Gasteiger partial charge in [-0.1, -0.05) is 60.7 Å². The summed E-state index contributed by atoms with van der Waals surface area (Å²) in [4.78, 5) is 62.9. The van der Waals surface area contributed by atoms with Crippen molar-refractivity contribution < 1.29 is 28.7 Å². The Bertz CT molecular complexity index is 2420. The van der Waals surface area contributed by atoms with Crippen molar-refractivity contribution in [3.8, 4) is 11.1 Å². The molecule has 2 amide bonds. The first-order valence-electron chi connectivity index (χ1n) is 18.9. The van der Waals surface area contributed by atoms with Gasteiger partial charge in [0.05, 0.1) is 33.6 Å². The molecule has 0 radical (unpaired) electrons. The molecule has 2 aliphatic heterocycles. The Morgan fingerprint density at radius 2 is 0.793 bits per heavy atom. The summed E-state index contributed by atoms with van der Waals surface area (Å²) in [6, 6.07) is 40.2. The third-order valence-corrected chi connectivity index (χ3v) is 10.7. The fourth-order valence-corrected chi connectivity index (χ4v) is 7.59. The molecule has 2 atom stereocenters. The summed E-state index contributed by atoms with van der Waals surface area (Å²) < 4.78 is 12.2. The molecule has 10 heteroatoms. The van der Waals surface area contributed by atoms with E-state index in [0.717, 1.165) is 33.6 Å². The second kappa shape index (κ2) is 15.0. The molecule has 0 saturated heterocycles. The second-order valence-corrected chi connectivity index (χ2v) is 14.9. The van der Waals surface area contributed by atoms with Crippen LogP contribution in [0.25, 0.3) is 11.1 Å². The van der Waals surface area contributed by atoms with Crippen LogP contribution in [0, 0.1) is 13.8 Å². The van der Waals surface area contributed by atoms with Crippen molar-refractivity contribution in [1.29, 1.82) is 0 Å². The largest absolute Gasteiger partial charge is 0.433 e. The van der Waals surface area contributed by atoms with E-state index in [0.29, 0.717) is 22.5 Å². The summed E-state index contributed by atoms with van der Waals surface area (Å²) in [5, 5.41) is 0. The Kier molecular flexibility index (Phi) is 9.78. The van der Waals surface area contributed by atoms with E-state index in [-0.39, 0.29) is 34.1 Å². The Labute approximate surface area is 337 Å². The van der Waals surface area contributed by atoms with Crippen molar-refractivity contribution in [2.45, 2.75) is 26.3 Å². The fraction of sp³-hybridized carbons (Fsp3) is 0.167. The maximum Gasteiger partial charge on any atom is 0.341 e. The maximum absolute atomic E-state index is 14.4. The van der Waals surface area contributed by atoms with Crippen LogP contribution in [-0.4, -0.2) is 51.9 Å². The molecule has 0 bridgehead atoms. The van der Waals surface area contributed by atoms with Crippen LogP contribution in [0.1, 0.15) is 76.1 Å².